The van der Waals surface area contributed by atoms with Crippen molar-refractivity contribution in [3.05, 3.63) is 47.2 Å². The molecule has 1 aromatic heterocycles. The molecule has 0 radical (unpaired) electrons. The second-order valence-electron chi connectivity index (χ2n) is 18.0. The average Bonchev–Trinajstić information content (AvgIpc) is 4.06. The lowest BCUT2D eigenvalue weighted by Gasteiger charge is -2.36. The van der Waals surface area contributed by atoms with Gasteiger partial charge in [-0.05, 0) is 103 Å². The minimum Gasteiger partial charge on any atom is -0.483 e. The summed E-state index contributed by atoms with van der Waals surface area (Å²) in [7, 11) is -3.98. The maximum atomic E-state index is 14.9. The maximum absolute atomic E-state index is 14.9. The van der Waals surface area contributed by atoms with Crippen molar-refractivity contribution in [2.75, 3.05) is 6.54 Å². The van der Waals surface area contributed by atoms with Gasteiger partial charge in [0.25, 0.3) is 0 Å². The molecule has 1 N–H and O–H groups in total. The number of sulfonamides is 1. The first-order chi connectivity index (χ1) is 27.1. The number of Topliss-reactive ketones (excluding diaryl/α,β-unsaturated/α-hetero) is 1. The lowest BCUT2D eigenvalue weighted by molar-refractivity contribution is -0.155. The summed E-state index contributed by atoms with van der Waals surface area (Å²) in [5.41, 5.74) is -0.921. The summed E-state index contributed by atoms with van der Waals surface area (Å²) in [5.74, 6) is -4.56. The largest absolute Gasteiger partial charge is 0.483 e. The summed E-state index contributed by atoms with van der Waals surface area (Å²) in [6, 6.07) is 1.16. The zero-order chi connectivity index (χ0) is 40.3. The van der Waals surface area contributed by atoms with Gasteiger partial charge in [0, 0.05) is 35.8 Å². The number of aromatic nitrogens is 1. The molecule has 5 atom stereocenters. The van der Waals surface area contributed by atoms with E-state index in [2.05, 4.69) is 9.71 Å². The summed E-state index contributed by atoms with van der Waals surface area (Å²) in [4.78, 5) is 63.2. The molecule has 1 spiro atoms. The smallest absolute Gasteiger partial charge is 0.306 e. The van der Waals surface area contributed by atoms with Gasteiger partial charge < -0.3 is 14.4 Å². The normalized spacial score (nSPS) is 30.4. The lowest BCUT2D eigenvalue weighted by Crippen LogP contribution is -2.48. The first kappa shape index (κ1) is 42.2. The monoisotopic (exact) mass is 825 g/mol. The number of carbonyl (C=O) groups is 4. The van der Waals surface area contributed by atoms with Gasteiger partial charge in [-0.3, -0.25) is 23.9 Å². The number of nitrogens with one attached hydrogen (secondary N) is 1. The molecule has 58 heavy (non-hydrogen) atoms. The molecule has 3 saturated carbocycles. The number of ketones is 1. The van der Waals surface area contributed by atoms with Gasteiger partial charge in [0.2, 0.25) is 21.8 Å². The zero-order valence-electron chi connectivity index (χ0n) is 32.9. The fourth-order valence-corrected chi connectivity index (χ4v) is 11.1. The van der Waals surface area contributed by atoms with Crippen LogP contribution in [0.5, 0.6) is 5.75 Å². The molecule has 11 nitrogen and oxygen atoms in total. The van der Waals surface area contributed by atoms with Crippen LogP contribution in [0.2, 0.25) is 0 Å². The number of amides is 2. The minimum absolute atomic E-state index is 0. The first-order valence-electron chi connectivity index (χ1n) is 20.9. The SMILES string of the molecule is C.Cc1nc2cc(F)c(F)cc2c2c1O[C@]1(CC2)C[C@H]2C(=O)C[C@]3(C(=O)NS(=O)(=O)C4(C)CC4)C[C@H]3/C=C\CCCCC[C@H](CC(=O)OC3CCCCC3)C(=O)N2C1. The number of pyridine rings is 1. The van der Waals surface area contributed by atoms with E-state index in [-0.39, 0.29) is 56.9 Å². The van der Waals surface area contributed by atoms with Crippen molar-refractivity contribution in [3.63, 3.8) is 0 Å². The van der Waals surface area contributed by atoms with E-state index >= 15 is 0 Å². The molecule has 0 unspecified atom stereocenters. The van der Waals surface area contributed by atoms with E-state index in [1.807, 2.05) is 12.2 Å². The van der Waals surface area contributed by atoms with Crippen LogP contribution in [-0.2, 0) is 40.4 Å². The highest BCUT2D eigenvalue weighted by Gasteiger charge is 2.63. The Bertz CT molecular complexity index is 2130. The molecule has 2 amide bonds. The Kier molecular flexibility index (Phi) is 11.6. The van der Waals surface area contributed by atoms with E-state index in [0.717, 1.165) is 63.5 Å². The summed E-state index contributed by atoms with van der Waals surface area (Å²) >= 11 is 0. The third-order valence-corrected chi connectivity index (χ3v) is 15.9. The Balaban J connectivity index is 0.00000512. The highest BCUT2D eigenvalue weighted by atomic mass is 32.2. The van der Waals surface area contributed by atoms with E-state index in [1.165, 1.54) is 4.90 Å². The van der Waals surface area contributed by atoms with Crippen molar-refractivity contribution >= 4 is 44.5 Å². The van der Waals surface area contributed by atoms with E-state index in [0.29, 0.717) is 72.9 Å². The molecule has 2 aromatic rings. The van der Waals surface area contributed by atoms with E-state index in [4.69, 9.17) is 9.47 Å². The number of carbonyl (C=O) groups excluding carboxylic acids is 4. The van der Waals surface area contributed by atoms with Crippen molar-refractivity contribution in [3.8, 4) is 5.75 Å². The Morgan fingerprint density at radius 3 is 2.45 bits per heavy atom. The average molecular weight is 826 g/mol. The molecule has 316 valence electrons. The quantitative estimate of drug-likeness (QED) is 0.231. The van der Waals surface area contributed by atoms with Crippen LogP contribution in [-0.4, -0.2) is 70.9 Å². The number of ether oxygens (including phenoxy) is 2. The number of fused-ring (bicyclic) bond motifs is 5. The van der Waals surface area contributed by atoms with Crippen LogP contribution in [0.4, 0.5) is 8.78 Å². The van der Waals surface area contributed by atoms with Crippen LogP contribution >= 0.6 is 0 Å². The number of aryl methyl sites for hydroxylation is 2. The molecule has 8 rings (SSSR count). The van der Waals surface area contributed by atoms with E-state index in [1.54, 1.807) is 13.8 Å². The molecule has 1 saturated heterocycles. The summed E-state index contributed by atoms with van der Waals surface area (Å²) < 4.78 is 69.2. The molecular formula is C44H57F2N3O8S. The predicted octanol–water partition coefficient (Wildman–Crippen LogP) is 7.49. The number of allylic oxidation sites excluding steroid dienone is 2. The third kappa shape index (κ3) is 8.02. The van der Waals surface area contributed by atoms with Gasteiger partial charge in [-0.15, -0.1) is 0 Å². The number of halogens is 2. The van der Waals surface area contributed by atoms with Gasteiger partial charge in [-0.2, -0.15) is 0 Å². The highest BCUT2D eigenvalue weighted by molar-refractivity contribution is 7.91. The lowest BCUT2D eigenvalue weighted by atomic mass is 9.85. The number of rotatable bonds is 6. The molecule has 4 heterocycles. The molecular weight excluding hydrogens is 769 g/mol. The van der Waals surface area contributed by atoms with Crippen molar-refractivity contribution < 1.29 is 45.9 Å². The van der Waals surface area contributed by atoms with Gasteiger partial charge in [0.15, 0.2) is 17.4 Å². The van der Waals surface area contributed by atoms with Gasteiger partial charge in [-0.1, -0.05) is 38.8 Å². The van der Waals surface area contributed by atoms with Crippen molar-refractivity contribution in [2.24, 2.45) is 17.3 Å². The number of nitrogens with zero attached hydrogens (tertiary/aromatic N) is 2. The minimum atomic E-state index is -3.98. The predicted molar refractivity (Wildman–Crippen MR) is 213 cm³/mol. The number of benzene rings is 1. The summed E-state index contributed by atoms with van der Waals surface area (Å²) in [6.45, 7) is 3.35. The standard InChI is InChI=1S/C43H53F2N3O8S.CH4/c1-26-38-30(31-20-32(44)33(45)21-34(31)46-26)15-16-42(56-38)23-35-36(49)24-43(40(52)47-57(53,54)41(2)17-18-41)22-28(43)12-8-5-3-4-7-11-27(39(51)48(35)25-42)19-37(50)55-29-13-9-6-10-14-29;/h8,12,20-21,27-29,35H,3-7,9-11,13-19,22-25H2,1-2H3,(H,47,52);1H4/b12-8-;/t27-,28-,35+,42-,43-;/m1./s1. The van der Waals surface area contributed by atoms with Gasteiger partial charge in [-0.25, -0.2) is 22.2 Å². The van der Waals surface area contributed by atoms with E-state index < -0.39 is 61.3 Å². The van der Waals surface area contributed by atoms with E-state index in [9.17, 15) is 36.4 Å². The Morgan fingerprint density at radius 1 is 1.00 bits per heavy atom. The molecule has 0 bridgehead atoms. The molecule has 3 aliphatic heterocycles. The van der Waals surface area contributed by atoms with Crippen LogP contribution in [0, 0.1) is 35.8 Å². The third-order valence-electron chi connectivity index (χ3n) is 13.8. The van der Waals surface area contributed by atoms with Crippen LogP contribution in [0.15, 0.2) is 24.3 Å². The molecule has 4 fully saturated rings. The molecule has 6 aliphatic rings. The highest BCUT2D eigenvalue weighted by Crippen LogP contribution is 2.58. The fourth-order valence-electron chi connectivity index (χ4n) is 9.78. The van der Waals surface area contributed by atoms with Gasteiger partial charge >= 0.3 is 5.97 Å². The Labute approximate surface area is 340 Å². The van der Waals surface area contributed by atoms with Crippen LogP contribution in [0.25, 0.3) is 10.9 Å². The van der Waals surface area contributed by atoms with Gasteiger partial charge in [0.1, 0.15) is 17.5 Å². The topological polar surface area (TPSA) is 149 Å². The Hall–Kier alpha value is -3.94. The first-order valence-corrected chi connectivity index (χ1v) is 22.3. The van der Waals surface area contributed by atoms with Crippen molar-refractivity contribution in [1.29, 1.82) is 0 Å². The number of esters is 1. The van der Waals surface area contributed by atoms with Crippen molar-refractivity contribution in [1.82, 2.24) is 14.6 Å². The molecule has 3 aliphatic carbocycles. The fraction of sp³-hybridized carbons (Fsp3) is 0.659. The summed E-state index contributed by atoms with van der Waals surface area (Å²) in [6.07, 6.45) is 13.5. The molecule has 1 aromatic carbocycles. The Morgan fingerprint density at radius 2 is 1.71 bits per heavy atom. The number of hydrogen-bond donors (Lipinski definition) is 1. The second-order valence-corrected chi connectivity index (χ2v) is 20.2. The van der Waals surface area contributed by atoms with Crippen LogP contribution in [0.3, 0.4) is 0 Å². The maximum Gasteiger partial charge on any atom is 0.306 e. The van der Waals surface area contributed by atoms with Crippen molar-refractivity contribution in [2.45, 2.75) is 159 Å². The van der Waals surface area contributed by atoms with Crippen LogP contribution < -0.4 is 9.46 Å². The zero-order valence-corrected chi connectivity index (χ0v) is 33.7. The van der Waals surface area contributed by atoms with Crippen LogP contribution in [0.1, 0.15) is 135 Å². The van der Waals surface area contributed by atoms with Gasteiger partial charge in [0.05, 0.1) is 40.4 Å². The number of hydrogen-bond acceptors (Lipinski definition) is 9. The second kappa shape index (κ2) is 15.9. The molecule has 14 heteroatoms. The summed E-state index contributed by atoms with van der Waals surface area (Å²) in [5, 5.41) is 0.427.